The molecule has 2 aromatic rings. The fourth-order valence-corrected chi connectivity index (χ4v) is 4.57. The summed E-state index contributed by atoms with van der Waals surface area (Å²) >= 11 is 0. The van der Waals surface area contributed by atoms with E-state index >= 15 is 0 Å². The van der Waals surface area contributed by atoms with Crippen molar-refractivity contribution in [1.82, 2.24) is 10.7 Å². The van der Waals surface area contributed by atoms with Gasteiger partial charge in [0.15, 0.2) is 0 Å². The number of amides is 1. The van der Waals surface area contributed by atoms with Crippen LogP contribution in [0.1, 0.15) is 54.4 Å². The fraction of sp³-hybridized carbons (Fsp3) is 0.348. The highest BCUT2D eigenvalue weighted by molar-refractivity contribution is 6.48. The molecular weight excluding hydrogens is 350 g/mol. The van der Waals surface area contributed by atoms with Crippen LogP contribution in [0.15, 0.2) is 65.8 Å². The van der Waals surface area contributed by atoms with Crippen LogP contribution >= 0.6 is 0 Å². The van der Waals surface area contributed by atoms with E-state index in [9.17, 15) is 9.59 Å². The zero-order valence-corrected chi connectivity index (χ0v) is 16.0. The molecule has 0 radical (unpaired) electrons. The van der Waals surface area contributed by atoms with E-state index in [1.165, 1.54) is 0 Å². The SMILES string of the molecule is CC(=O)NC1CCC2(CC1)NN=C(C(=O)c1ccccc1)C2c1ccccc1. The molecule has 1 fully saturated rings. The second-order valence-electron chi connectivity index (χ2n) is 7.78. The minimum absolute atomic E-state index is 0.0103. The molecule has 0 aromatic heterocycles. The zero-order valence-electron chi connectivity index (χ0n) is 16.0. The Morgan fingerprint density at radius 2 is 1.61 bits per heavy atom. The van der Waals surface area contributed by atoms with E-state index in [0.717, 1.165) is 31.2 Å². The van der Waals surface area contributed by atoms with E-state index in [1.807, 2.05) is 48.5 Å². The van der Waals surface area contributed by atoms with Crippen molar-refractivity contribution in [2.24, 2.45) is 5.10 Å². The van der Waals surface area contributed by atoms with E-state index in [2.05, 4.69) is 28.0 Å². The molecule has 1 atom stereocenters. The first-order chi connectivity index (χ1) is 13.6. The predicted molar refractivity (Wildman–Crippen MR) is 109 cm³/mol. The van der Waals surface area contributed by atoms with Crippen LogP contribution in [0.3, 0.4) is 0 Å². The molecule has 2 aromatic carbocycles. The van der Waals surface area contributed by atoms with Crippen LogP contribution in [0.2, 0.25) is 0 Å². The lowest BCUT2D eigenvalue weighted by molar-refractivity contribution is -0.120. The average molecular weight is 375 g/mol. The van der Waals surface area contributed by atoms with Gasteiger partial charge >= 0.3 is 0 Å². The van der Waals surface area contributed by atoms with Crippen LogP contribution in [0.5, 0.6) is 0 Å². The number of Topliss-reactive ketones (excluding diaryl/α,β-unsaturated/α-hetero) is 1. The smallest absolute Gasteiger partial charge is 0.217 e. The quantitative estimate of drug-likeness (QED) is 0.805. The van der Waals surface area contributed by atoms with Crippen molar-refractivity contribution in [3.05, 3.63) is 71.8 Å². The van der Waals surface area contributed by atoms with E-state index in [4.69, 9.17) is 0 Å². The van der Waals surface area contributed by atoms with Gasteiger partial charge in [-0.1, -0.05) is 60.7 Å². The highest BCUT2D eigenvalue weighted by Crippen LogP contribution is 2.44. The Bertz CT molecular complexity index is 885. The van der Waals surface area contributed by atoms with Gasteiger partial charge in [-0.2, -0.15) is 5.10 Å². The standard InChI is InChI=1S/C23H25N3O2/c1-16(27)24-19-12-14-23(15-13-19)20(17-8-4-2-5-9-17)21(25-26-23)22(28)18-10-6-3-7-11-18/h2-11,19-20,26H,12-15H2,1H3,(H,24,27). The highest BCUT2D eigenvalue weighted by Gasteiger charge is 2.50. The van der Waals surface area contributed by atoms with Crippen LogP contribution in [0, 0.1) is 0 Å². The molecule has 5 heteroatoms. The second-order valence-corrected chi connectivity index (χ2v) is 7.78. The Morgan fingerprint density at radius 1 is 1.00 bits per heavy atom. The van der Waals surface area contributed by atoms with Crippen LogP contribution in [0.4, 0.5) is 0 Å². The molecule has 5 nitrogen and oxygen atoms in total. The third-order valence-electron chi connectivity index (χ3n) is 5.91. The van der Waals surface area contributed by atoms with Crippen LogP contribution in [0.25, 0.3) is 0 Å². The number of hydrogen-bond donors (Lipinski definition) is 2. The Hall–Kier alpha value is -2.95. The largest absolute Gasteiger partial charge is 0.354 e. The van der Waals surface area contributed by atoms with E-state index < -0.39 is 0 Å². The number of hydrazone groups is 1. The van der Waals surface area contributed by atoms with Crippen molar-refractivity contribution < 1.29 is 9.59 Å². The van der Waals surface area contributed by atoms with Crippen molar-refractivity contribution in [2.45, 2.75) is 50.1 Å². The maximum Gasteiger partial charge on any atom is 0.217 e. The normalized spacial score (nSPS) is 26.4. The van der Waals surface area contributed by atoms with E-state index in [1.54, 1.807) is 6.92 Å². The molecule has 1 unspecified atom stereocenters. The number of carbonyl (C=O) groups excluding carboxylic acids is 2. The molecule has 4 rings (SSSR count). The summed E-state index contributed by atoms with van der Waals surface area (Å²) in [6.45, 7) is 1.56. The van der Waals surface area contributed by atoms with Gasteiger partial charge < -0.3 is 10.7 Å². The summed E-state index contributed by atoms with van der Waals surface area (Å²) in [5.74, 6) is -0.112. The first kappa shape index (κ1) is 18.4. The Kier molecular flexibility index (Phi) is 4.99. The van der Waals surface area contributed by atoms with Crippen molar-refractivity contribution in [1.29, 1.82) is 0 Å². The molecule has 0 saturated heterocycles. The summed E-state index contributed by atoms with van der Waals surface area (Å²) < 4.78 is 0. The van der Waals surface area contributed by atoms with E-state index in [0.29, 0.717) is 11.3 Å². The molecule has 1 saturated carbocycles. The van der Waals surface area contributed by atoms with Crippen molar-refractivity contribution in [3.63, 3.8) is 0 Å². The number of nitrogens with zero attached hydrogens (tertiary/aromatic N) is 1. The first-order valence-electron chi connectivity index (χ1n) is 9.86. The number of rotatable bonds is 4. The summed E-state index contributed by atoms with van der Waals surface area (Å²) in [6.07, 6.45) is 3.45. The maximum absolute atomic E-state index is 13.2. The number of ketones is 1. The number of hydrogen-bond acceptors (Lipinski definition) is 4. The highest BCUT2D eigenvalue weighted by atomic mass is 16.1. The first-order valence-corrected chi connectivity index (χ1v) is 9.86. The number of nitrogens with one attached hydrogen (secondary N) is 2. The van der Waals surface area contributed by atoms with Crippen LogP contribution in [-0.2, 0) is 4.79 Å². The average Bonchev–Trinajstić information content (AvgIpc) is 3.09. The third-order valence-corrected chi connectivity index (χ3v) is 5.91. The van der Waals surface area contributed by atoms with Crippen molar-refractivity contribution in [2.75, 3.05) is 0 Å². The van der Waals surface area contributed by atoms with Gasteiger partial charge in [0.25, 0.3) is 0 Å². The summed E-state index contributed by atoms with van der Waals surface area (Å²) in [4.78, 5) is 24.7. The zero-order chi connectivity index (χ0) is 19.6. The maximum atomic E-state index is 13.2. The Labute approximate surface area is 165 Å². The molecule has 1 aliphatic carbocycles. The van der Waals surface area contributed by atoms with Crippen molar-refractivity contribution in [3.8, 4) is 0 Å². The fourth-order valence-electron chi connectivity index (χ4n) is 4.57. The topological polar surface area (TPSA) is 70.6 Å². The molecule has 144 valence electrons. The second kappa shape index (κ2) is 7.58. The molecule has 1 amide bonds. The third kappa shape index (κ3) is 3.44. The van der Waals surface area contributed by atoms with Gasteiger partial charge in [-0.25, -0.2) is 0 Å². The van der Waals surface area contributed by atoms with Crippen LogP contribution in [-0.4, -0.2) is 29.0 Å². The summed E-state index contributed by atoms with van der Waals surface area (Å²) in [6, 6.07) is 19.7. The lowest BCUT2D eigenvalue weighted by atomic mass is 9.67. The predicted octanol–water partition coefficient (Wildman–Crippen LogP) is 3.43. The van der Waals surface area contributed by atoms with Crippen LogP contribution < -0.4 is 10.7 Å². The summed E-state index contributed by atoms with van der Waals surface area (Å²) in [5.41, 5.74) is 5.41. The molecule has 1 spiro atoms. The molecule has 1 heterocycles. The Morgan fingerprint density at radius 3 is 2.21 bits per heavy atom. The molecule has 1 aliphatic heterocycles. The van der Waals surface area contributed by atoms with Gasteiger partial charge in [0.05, 0.1) is 11.5 Å². The Balaban J connectivity index is 1.64. The lowest BCUT2D eigenvalue weighted by Crippen LogP contribution is -2.51. The minimum atomic E-state index is -0.282. The molecular formula is C23H25N3O2. The van der Waals surface area contributed by atoms with Gasteiger partial charge in [0.2, 0.25) is 11.7 Å². The molecule has 28 heavy (non-hydrogen) atoms. The molecule has 2 aliphatic rings. The van der Waals surface area contributed by atoms with Gasteiger partial charge in [0, 0.05) is 18.5 Å². The minimum Gasteiger partial charge on any atom is -0.354 e. The van der Waals surface area contributed by atoms with Gasteiger partial charge in [-0.15, -0.1) is 0 Å². The number of benzene rings is 2. The number of carbonyl (C=O) groups is 2. The molecule has 0 bridgehead atoms. The lowest BCUT2D eigenvalue weighted by Gasteiger charge is -2.41. The van der Waals surface area contributed by atoms with Gasteiger partial charge in [-0.3, -0.25) is 9.59 Å². The van der Waals surface area contributed by atoms with Crippen molar-refractivity contribution >= 4 is 17.4 Å². The van der Waals surface area contributed by atoms with E-state index in [-0.39, 0.29) is 29.2 Å². The monoisotopic (exact) mass is 375 g/mol. The summed E-state index contributed by atoms with van der Waals surface area (Å²) in [7, 11) is 0. The molecule has 2 N–H and O–H groups in total. The van der Waals surface area contributed by atoms with Gasteiger partial charge in [0.1, 0.15) is 5.71 Å². The summed E-state index contributed by atoms with van der Waals surface area (Å²) in [5, 5.41) is 7.59. The van der Waals surface area contributed by atoms with Gasteiger partial charge in [-0.05, 0) is 31.2 Å².